The molecule has 2 N–H and O–H groups in total. The third kappa shape index (κ3) is 32.8. The first-order valence-electron chi connectivity index (χ1n) is 41.5. The fourth-order valence-electron chi connectivity index (χ4n) is 16.6. The van der Waals surface area contributed by atoms with Crippen LogP contribution in [0.15, 0.2) is 102 Å². The number of esters is 8. The molecule has 652 valence electrons. The Morgan fingerprint density at radius 3 is 0.967 bits per heavy atom. The number of thioether (sulfide) groups is 4. The van der Waals surface area contributed by atoms with Crippen molar-refractivity contribution >= 4 is 131 Å². The highest BCUT2D eigenvalue weighted by molar-refractivity contribution is 8.26. The number of carbonyl (C=O) groups is 9. The molecule has 0 atom stereocenters. The van der Waals surface area contributed by atoms with Crippen LogP contribution in [0.1, 0.15) is 211 Å². The van der Waals surface area contributed by atoms with Crippen LogP contribution in [0.2, 0.25) is 0 Å². The molecule has 2 aromatic carbocycles. The van der Waals surface area contributed by atoms with Crippen LogP contribution < -0.4 is 9.47 Å². The fraction of sp³-hybridized carbons (Fsp3) is 0.602. The monoisotopic (exact) mass is 1790 g/mol. The van der Waals surface area contributed by atoms with E-state index in [1.807, 2.05) is 25.1 Å². The van der Waals surface area contributed by atoms with Gasteiger partial charge in [0.2, 0.25) is 9.23 Å². The minimum Gasteiger partial charge on any atom is -0.507 e. The van der Waals surface area contributed by atoms with Gasteiger partial charge in [0.05, 0.1) is 124 Å². The molecule has 1 saturated heterocycles. The Kier molecular flexibility index (Phi) is 44.7. The van der Waals surface area contributed by atoms with E-state index in [9.17, 15) is 53.5 Å². The summed E-state index contributed by atoms with van der Waals surface area (Å²) in [5.41, 5.74) is 1.05. The molecule has 6 saturated carbocycles. The summed E-state index contributed by atoms with van der Waals surface area (Å²) in [6.45, 7) is 30.3. The van der Waals surface area contributed by atoms with Crippen molar-refractivity contribution in [1.82, 2.24) is 0 Å². The molecule has 0 amide bonds. The van der Waals surface area contributed by atoms with E-state index in [0.717, 1.165) is 175 Å². The molecule has 120 heavy (non-hydrogen) atoms. The van der Waals surface area contributed by atoms with Crippen molar-refractivity contribution in [3.63, 3.8) is 0 Å². The molecular weight excluding hydrogens is 1680 g/mol. The van der Waals surface area contributed by atoms with E-state index in [2.05, 4.69) is 50.8 Å². The highest BCUT2D eigenvalue weighted by Gasteiger charge is 2.41. The molecule has 25 nitrogen and oxygen atoms in total. The molecule has 0 radical (unpaired) electrons. The number of nitrogens with zero attached hydrogens (tertiary/aromatic N) is 4. The number of hydrogen-bond donors (Lipinski definition) is 2. The second-order valence-electron chi connectivity index (χ2n) is 31.0. The molecule has 0 spiro atoms. The van der Waals surface area contributed by atoms with Crippen molar-refractivity contribution in [2.45, 2.75) is 232 Å². The number of hydrogen-bond acceptors (Lipinski definition) is 26. The first-order valence-corrected chi connectivity index (χ1v) is 47.6. The first-order chi connectivity index (χ1) is 57.9. The standard InChI is InChI=1S/C52H64N2O12S2.C21H32O6.C11H6N2OS2.C4H8O.Cl2OS/c1-4-44(55)61-28-6-8-30-63-48(57)37-18-10-33(11-19-37)35-14-22-39(23-15-35)50(59)65-42-26-27-43(47-46(42)67-52(68-47)41(32-53)54-3)66-51(60)40-24-16-36(17-25-40)34-12-20-38(21-13-34)49(58)64-31-9-7-29-62-45(56)5-2;1-2-19(22)26-13-3-4-14-27-21(25)18-11-7-16(8-12-18)15-5-9-17(10-6-15)20(23)24;1-6-3-4-8(14)10-9(6)15-11(16-10)7(5-12)13-2;1-2-4-5-3-1;1-4(2)3/h4-5,26-27,33-40H,1-2,6-25,28-31H2;2,15-18H,1,3-14H2,(H,23,24);3-4,14H,1H3;1-4H2;/b;;11-7-;;. The molecule has 0 bridgehead atoms. The molecule has 6 aliphatic carbocycles. The van der Waals surface area contributed by atoms with Gasteiger partial charge in [-0.15, -0.1) is 0 Å². The minimum atomic E-state index is -1.67. The smallest absolute Gasteiger partial charge is 0.330 e. The van der Waals surface area contributed by atoms with Crippen molar-refractivity contribution in [1.29, 1.82) is 10.5 Å². The van der Waals surface area contributed by atoms with Crippen LogP contribution in [-0.2, 0) is 85.5 Å². The van der Waals surface area contributed by atoms with Crippen molar-refractivity contribution in [3.05, 3.63) is 110 Å². The number of carboxylic acid groups (broad SMARTS) is 1. The van der Waals surface area contributed by atoms with Gasteiger partial charge in [-0.25, -0.2) is 38.8 Å². The lowest BCUT2D eigenvalue weighted by Crippen LogP contribution is -2.31. The number of carboxylic acids is 1. The average Bonchev–Trinajstić information content (AvgIpc) is 1.63. The van der Waals surface area contributed by atoms with Crippen molar-refractivity contribution in [2.75, 3.05) is 52.9 Å². The summed E-state index contributed by atoms with van der Waals surface area (Å²) in [4.78, 5) is 119. The van der Waals surface area contributed by atoms with Crippen LogP contribution in [0, 0.1) is 114 Å². The maximum atomic E-state index is 13.7. The van der Waals surface area contributed by atoms with Gasteiger partial charge in [-0.3, -0.25) is 28.8 Å². The Hall–Kier alpha value is -7.78. The van der Waals surface area contributed by atoms with Gasteiger partial charge in [0.15, 0.2) is 0 Å². The number of ether oxygens (including phenoxy) is 9. The maximum Gasteiger partial charge on any atom is 0.330 e. The van der Waals surface area contributed by atoms with Crippen LogP contribution in [0.3, 0.4) is 0 Å². The zero-order chi connectivity index (χ0) is 86.9. The number of phenols is 1. The van der Waals surface area contributed by atoms with E-state index in [0.29, 0.717) is 156 Å². The Bertz CT molecular complexity index is 3910. The predicted molar refractivity (Wildman–Crippen MR) is 457 cm³/mol. The number of aryl methyl sites for hydroxylation is 1. The highest BCUT2D eigenvalue weighted by Crippen LogP contribution is 2.60. The zero-order valence-corrected chi connectivity index (χ0v) is 73.7. The molecular formula is C88H110Cl2N4O21S5. The van der Waals surface area contributed by atoms with Crippen molar-refractivity contribution in [3.8, 4) is 29.4 Å². The molecule has 3 heterocycles. The Morgan fingerprint density at radius 1 is 0.450 bits per heavy atom. The summed E-state index contributed by atoms with van der Waals surface area (Å²) in [7, 11) is 7.36. The number of allylic oxidation sites excluding steroid dienone is 2. The SMILES string of the molecule is C1CCOC1.C=CC(=O)OCCCCOC(=O)C1CCC(C2CCC(C(=O)O)CC2)CC1.O=S(Cl)Cl.[C-]#[N+]/C(C#N)=C1/Sc2c(C)ccc(O)c2S1.[C-]#[N+]C(C#N)=C1Sc2c(OC(=O)C3CCC(C4CCC(C(=O)OCCCCOC(=O)C=C)CC4)CC3)ccc(OC(=O)C3CCC(C4CCC(C(=O)OCCCCOC(=O)C=C)CC4)CC3)c2S1. The normalized spacial score (nSPS) is 24.2. The summed E-state index contributed by atoms with van der Waals surface area (Å²) in [5, 5.41) is 37.3. The quantitative estimate of drug-likeness (QED) is 0.0112. The van der Waals surface area contributed by atoms with Gasteiger partial charge in [-0.1, -0.05) is 72.9 Å². The van der Waals surface area contributed by atoms with Gasteiger partial charge in [0, 0.05) is 57.7 Å². The van der Waals surface area contributed by atoms with Crippen LogP contribution in [0.25, 0.3) is 9.69 Å². The van der Waals surface area contributed by atoms with E-state index in [1.54, 1.807) is 18.2 Å². The van der Waals surface area contributed by atoms with E-state index < -0.39 is 33.1 Å². The number of aliphatic carboxylic acids is 1. The molecule has 11 rings (SSSR count). The Labute approximate surface area is 732 Å². The number of fused-ring (bicyclic) bond motifs is 2. The summed E-state index contributed by atoms with van der Waals surface area (Å²) >= 11 is 5.03. The van der Waals surface area contributed by atoms with Crippen LogP contribution in [0.4, 0.5) is 0 Å². The van der Waals surface area contributed by atoms with Crippen molar-refractivity contribution in [2.24, 2.45) is 71.0 Å². The summed E-state index contributed by atoms with van der Waals surface area (Å²) < 4.78 is 58.5. The van der Waals surface area contributed by atoms with E-state index in [1.165, 1.54) is 59.9 Å². The lowest BCUT2D eigenvalue weighted by Gasteiger charge is -2.36. The number of aromatic hydroxyl groups is 1. The predicted octanol–water partition coefficient (Wildman–Crippen LogP) is 19.7. The lowest BCUT2D eigenvalue weighted by atomic mass is 9.69. The summed E-state index contributed by atoms with van der Waals surface area (Å²) in [6.07, 6.45) is 30.6. The third-order valence-corrected chi connectivity index (χ3v) is 28.7. The summed E-state index contributed by atoms with van der Waals surface area (Å²) in [5.74, 6) is 0.0465. The van der Waals surface area contributed by atoms with Gasteiger partial charge in [-0.2, -0.15) is 0 Å². The molecule has 9 aliphatic rings. The lowest BCUT2D eigenvalue weighted by molar-refractivity contribution is -0.151. The number of halogens is 2. The molecule has 3 aliphatic heterocycles. The Balaban J connectivity index is 0.000000305. The number of benzene rings is 2. The van der Waals surface area contributed by atoms with Gasteiger partial charge in [0.1, 0.15) is 17.2 Å². The Morgan fingerprint density at radius 2 is 0.717 bits per heavy atom. The second kappa shape index (κ2) is 54.0. The van der Waals surface area contributed by atoms with Gasteiger partial charge in [0.25, 0.3) is 11.4 Å². The molecule has 2 aromatic rings. The second-order valence-corrected chi connectivity index (χ2v) is 38.1. The third-order valence-electron chi connectivity index (χ3n) is 23.4. The number of unbranched alkanes of at least 4 members (excludes halogenated alkanes) is 3. The van der Waals surface area contributed by atoms with Crippen molar-refractivity contribution < 1.29 is 100 Å². The van der Waals surface area contributed by atoms with Gasteiger partial charge in [-0.05, 0) is 272 Å². The van der Waals surface area contributed by atoms with E-state index in [-0.39, 0.29) is 95.7 Å². The number of nitriles is 2. The minimum absolute atomic E-state index is 0.00444. The highest BCUT2D eigenvalue weighted by atomic mass is 36.0. The van der Waals surface area contributed by atoms with Crippen LogP contribution >= 0.6 is 68.4 Å². The van der Waals surface area contributed by atoms with E-state index >= 15 is 0 Å². The van der Waals surface area contributed by atoms with Gasteiger partial charge < -0.3 is 52.8 Å². The average molecular weight is 1790 g/mol. The molecule has 7 fully saturated rings. The first kappa shape index (κ1) is 99.3. The summed E-state index contributed by atoms with van der Waals surface area (Å²) in [6, 6.07) is 10.6. The van der Waals surface area contributed by atoms with Crippen LogP contribution in [0.5, 0.6) is 17.2 Å². The largest absolute Gasteiger partial charge is 0.507 e. The number of carbonyl (C=O) groups excluding carboxylic acids is 8. The maximum absolute atomic E-state index is 13.7. The van der Waals surface area contributed by atoms with Crippen LogP contribution in [-0.4, -0.2) is 121 Å². The molecule has 32 heteroatoms. The zero-order valence-electron chi connectivity index (χ0n) is 68.1. The topological polar surface area (TPSA) is 351 Å². The van der Waals surface area contributed by atoms with Gasteiger partial charge >= 0.3 is 53.7 Å². The number of rotatable bonds is 29. The molecule has 0 aromatic heterocycles. The molecule has 0 unspecified atom stereocenters. The fourth-order valence-corrected chi connectivity index (χ4v) is 21.6. The number of phenolic OH excluding ortho intramolecular Hbond substituents is 1. The van der Waals surface area contributed by atoms with E-state index in [4.69, 9.17) is 70.4 Å².